The van der Waals surface area contributed by atoms with Gasteiger partial charge in [0.2, 0.25) is 4.96 Å². The van der Waals surface area contributed by atoms with Crippen LogP contribution in [0.1, 0.15) is 30.7 Å². The Hall–Kier alpha value is -1.79. The lowest BCUT2D eigenvalue weighted by molar-refractivity contribution is 0.628. The molecule has 6 heteroatoms. The molecule has 20 heavy (non-hydrogen) atoms. The molecule has 0 fully saturated rings. The molecule has 0 bridgehead atoms. The quantitative estimate of drug-likeness (QED) is 0.783. The predicted octanol–water partition coefficient (Wildman–Crippen LogP) is 2.70. The van der Waals surface area contributed by atoms with E-state index < -0.39 is 0 Å². The van der Waals surface area contributed by atoms with E-state index in [0.717, 1.165) is 40.7 Å². The van der Waals surface area contributed by atoms with Crippen LogP contribution >= 0.6 is 11.3 Å². The standard InChI is InChI=1S/C14H17N5S/c1-10(6-5-9-15)13-18-19-12(16-17-14(19)20-13)11-7-3-2-4-8-11/h2-4,7-8,10H,5-6,9,15H2,1H3. The fraction of sp³-hybridized carbons (Fsp3) is 0.357. The Balaban J connectivity index is 1.95. The van der Waals surface area contributed by atoms with Gasteiger partial charge < -0.3 is 5.73 Å². The van der Waals surface area contributed by atoms with Crippen LogP contribution in [-0.2, 0) is 0 Å². The molecule has 0 aliphatic heterocycles. The molecule has 2 aromatic heterocycles. The van der Waals surface area contributed by atoms with Gasteiger partial charge in [-0.2, -0.15) is 9.61 Å². The van der Waals surface area contributed by atoms with Crippen molar-refractivity contribution in [1.82, 2.24) is 19.8 Å². The molecule has 5 nitrogen and oxygen atoms in total. The topological polar surface area (TPSA) is 69.1 Å². The van der Waals surface area contributed by atoms with E-state index in [2.05, 4.69) is 22.2 Å². The van der Waals surface area contributed by atoms with E-state index in [1.54, 1.807) is 11.3 Å². The zero-order valence-corrected chi connectivity index (χ0v) is 12.2. The first-order valence-corrected chi connectivity index (χ1v) is 7.59. The second-order valence-electron chi connectivity index (χ2n) is 4.86. The van der Waals surface area contributed by atoms with Crippen LogP contribution in [-0.4, -0.2) is 26.4 Å². The number of benzene rings is 1. The summed E-state index contributed by atoms with van der Waals surface area (Å²) in [6, 6.07) is 10.0. The van der Waals surface area contributed by atoms with Gasteiger partial charge in [0.25, 0.3) is 0 Å². The molecule has 0 amide bonds. The van der Waals surface area contributed by atoms with Crippen LogP contribution < -0.4 is 5.73 Å². The number of hydrogen-bond donors (Lipinski definition) is 1. The van der Waals surface area contributed by atoms with Crippen LogP contribution in [0.2, 0.25) is 0 Å². The number of nitrogens with zero attached hydrogens (tertiary/aromatic N) is 4. The lowest BCUT2D eigenvalue weighted by Gasteiger charge is -2.05. The Morgan fingerprint density at radius 3 is 2.80 bits per heavy atom. The maximum atomic E-state index is 5.57. The SMILES string of the molecule is CC(CCCN)c1nn2c(-c3ccccc3)nnc2s1. The number of hydrogen-bond acceptors (Lipinski definition) is 5. The zero-order chi connectivity index (χ0) is 13.9. The molecule has 0 aliphatic rings. The first kappa shape index (κ1) is 13.2. The average molecular weight is 287 g/mol. The summed E-state index contributed by atoms with van der Waals surface area (Å²) in [5.41, 5.74) is 6.60. The summed E-state index contributed by atoms with van der Waals surface area (Å²) in [6.45, 7) is 2.91. The summed E-state index contributed by atoms with van der Waals surface area (Å²) in [7, 11) is 0. The van der Waals surface area contributed by atoms with E-state index in [9.17, 15) is 0 Å². The van der Waals surface area contributed by atoms with Gasteiger partial charge in [0.05, 0.1) is 0 Å². The van der Waals surface area contributed by atoms with Crippen molar-refractivity contribution in [2.75, 3.05) is 6.54 Å². The Morgan fingerprint density at radius 1 is 1.25 bits per heavy atom. The molecule has 0 aliphatic carbocycles. The van der Waals surface area contributed by atoms with Gasteiger partial charge in [-0.25, -0.2) is 0 Å². The maximum Gasteiger partial charge on any atom is 0.234 e. The van der Waals surface area contributed by atoms with Crippen LogP contribution in [0.3, 0.4) is 0 Å². The Labute approximate surface area is 121 Å². The minimum atomic E-state index is 0.411. The summed E-state index contributed by atoms with van der Waals surface area (Å²) >= 11 is 1.61. The van der Waals surface area contributed by atoms with Gasteiger partial charge in [-0.3, -0.25) is 0 Å². The highest BCUT2D eigenvalue weighted by molar-refractivity contribution is 7.16. The zero-order valence-electron chi connectivity index (χ0n) is 11.4. The largest absolute Gasteiger partial charge is 0.330 e. The fourth-order valence-electron chi connectivity index (χ4n) is 2.15. The van der Waals surface area contributed by atoms with Gasteiger partial charge in [0.15, 0.2) is 5.82 Å². The molecule has 3 rings (SSSR count). The predicted molar refractivity (Wildman–Crippen MR) is 80.8 cm³/mol. The highest BCUT2D eigenvalue weighted by Crippen LogP contribution is 2.27. The number of fused-ring (bicyclic) bond motifs is 1. The van der Waals surface area contributed by atoms with Crippen molar-refractivity contribution in [2.24, 2.45) is 5.73 Å². The second-order valence-corrected chi connectivity index (χ2v) is 5.84. The molecular formula is C14H17N5S. The normalized spacial score (nSPS) is 12.9. The number of aromatic nitrogens is 4. The van der Waals surface area contributed by atoms with Crippen LogP contribution in [0.4, 0.5) is 0 Å². The van der Waals surface area contributed by atoms with Crippen molar-refractivity contribution in [3.8, 4) is 11.4 Å². The van der Waals surface area contributed by atoms with E-state index in [1.807, 2.05) is 34.8 Å². The molecule has 0 spiro atoms. The second kappa shape index (κ2) is 5.68. The summed E-state index contributed by atoms with van der Waals surface area (Å²) in [4.78, 5) is 0.846. The molecule has 1 atom stereocenters. The molecule has 1 aromatic carbocycles. The van der Waals surface area contributed by atoms with E-state index in [4.69, 9.17) is 5.73 Å². The van der Waals surface area contributed by atoms with Gasteiger partial charge in [-0.1, -0.05) is 48.6 Å². The van der Waals surface area contributed by atoms with Crippen molar-refractivity contribution in [3.05, 3.63) is 35.3 Å². The van der Waals surface area contributed by atoms with E-state index in [0.29, 0.717) is 5.92 Å². The minimum absolute atomic E-state index is 0.411. The summed E-state index contributed by atoms with van der Waals surface area (Å²) < 4.78 is 1.84. The smallest absolute Gasteiger partial charge is 0.234 e. The molecule has 104 valence electrons. The molecule has 0 radical (unpaired) electrons. The molecule has 2 heterocycles. The maximum absolute atomic E-state index is 5.57. The molecule has 3 aromatic rings. The van der Waals surface area contributed by atoms with Gasteiger partial charge in [0.1, 0.15) is 5.01 Å². The third-order valence-electron chi connectivity index (χ3n) is 3.30. The minimum Gasteiger partial charge on any atom is -0.330 e. The van der Waals surface area contributed by atoms with Crippen LogP contribution in [0.15, 0.2) is 30.3 Å². The molecule has 0 saturated carbocycles. The van der Waals surface area contributed by atoms with Crippen molar-refractivity contribution in [3.63, 3.8) is 0 Å². The monoisotopic (exact) mass is 287 g/mol. The Kier molecular flexibility index (Phi) is 3.75. The highest BCUT2D eigenvalue weighted by Gasteiger charge is 2.16. The lowest BCUT2D eigenvalue weighted by atomic mass is 10.1. The summed E-state index contributed by atoms with van der Waals surface area (Å²) in [6.07, 6.45) is 2.08. The molecule has 1 unspecified atom stereocenters. The lowest BCUT2D eigenvalue weighted by Crippen LogP contribution is -2.02. The summed E-state index contributed by atoms with van der Waals surface area (Å²) in [5.74, 6) is 1.21. The summed E-state index contributed by atoms with van der Waals surface area (Å²) in [5, 5.41) is 14.2. The number of rotatable bonds is 5. The Morgan fingerprint density at radius 2 is 2.05 bits per heavy atom. The van der Waals surface area contributed by atoms with Crippen LogP contribution in [0.25, 0.3) is 16.3 Å². The van der Waals surface area contributed by atoms with Crippen LogP contribution in [0.5, 0.6) is 0 Å². The van der Waals surface area contributed by atoms with Crippen molar-refractivity contribution in [1.29, 1.82) is 0 Å². The molecule has 0 saturated heterocycles. The van der Waals surface area contributed by atoms with Crippen molar-refractivity contribution < 1.29 is 0 Å². The molecular weight excluding hydrogens is 270 g/mol. The fourth-order valence-corrected chi connectivity index (χ4v) is 3.07. The van der Waals surface area contributed by atoms with Gasteiger partial charge in [0, 0.05) is 11.5 Å². The first-order valence-electron chi connectivity index (χ1n) is 6.77. The number of nitrogens with two attached hydrogens (primary N) is 1. The highest BCUT2D eigenvalue weighted by atomic mass is 32.1. The third-order valence-corrected chi connectivity index (χ3v) is 4.43. The molecule has 2 N–H and O–H groups in total. The van der Waals surface area contributed by atoms with Crippen molar-refractivity contribution >= 4 is 16.3 Å². The third kappa shape index (κ3) is 2.44. The van der Waals surface area contributed by atoms with Gasteiger partial charge in [-0.05, 0) is 19.4 Å². The van der Waals surface area contributed by atoms with Crippen molar-refractivity contribution in [2.45, 2.75) is 25.7 Å². The van der Waals surface area contributed by atoms with Gasteiger partial charge in [-0.15, -0.1) is 10.2 Å². The van der Waals surface area contributed by atoms with Gasteiger partial charge >= 0.3 is 0 Å². The Bertz CT molecular complexity index is 688. The van der Waals surface area contributed by atoms with Crippen LogP contribution in [0, 0.1) is 0 Å². The van der Waals surface area contributed by atoms with E-state index >= 15 is 0 Å². The van der Waals surface area contributed by atoms with E-state index in [1.165, 1.54) is 0 Å². The van der Waals surface area contributed by atoms with E-state index in [-0.39, 0.29) is 0 Å². The average Bonchev–Trinajstić information content (AvgIpc) is 3.05. The first-order chi connectivity index (χ1) is 9.79.